The molecule has 0 heterocycles. The van der Waals surface area contributed by atoms with Gasteiger partial charge in [-0.05, 0) is 24.1 Å². The molecule has 0 spiro atoms. The van der Waals surface area contributed by atoms with Crippen LogP contribution in [0.2, 0.25) is 0 Å². The molecule has 10 heteroatoms. The van der Waals surface area contributed by atoms with Crippen LogP contribution < -0.4 is 20.1 Å². The molecule has 0 aromatic heterocycles. The molecule has 0 aliphatic carbocycles. The van der Waals surface area contributed by atoms with Crippen molar-refractivity contribution in [3.63, 3.8) is 0 Å². The molecule has 1 aromatic carbocycles. The van der Waals surface area contributed by atoms with Crippen LogP contribution in [-0.4, -0.2) is 35.2 Å². The fourth-order valence-corrected chi connectivity index (χ4v) is 2.56. The molecule has 2 N–H and O–H groups in total. The van der Waals surface area contributed by atoms with Crippen molar-refractivity contribution < 1.29 is 19.1 Å². The predicted octanol–water partition coefficient (Wildman–Crippen LogP) is 4.49. The summed E-state index contributed by atoms with van der Waals surface area (Å²) in [7, 11) is 1.52. The van der Waals surface area contributed by atoms with Crippen molar-refractivity contribution in [2.45, 2.75) is 48.4 Å². The van der Waals surface area contributed by atoms with E-state index in [9.17, 15) is 9.59 Å². The molecule has 6 nitrogen and oxygen atoms in total. The van der Waals surface area contributed by atoms with Gasteiger partial charge in [0.2, 0.25) is 0 Å². The third-order valence-electron chi connectivity index (χ3n) is 3.75. The Morgan fingerprint density at radius 3 is 2.07 bits per heavy atom. The number of unbranched alkanes of at least 4 members (excludes halogenated alkanes) is 3. The maximum atomic E-state index is 11.9. The Labute approximate surface area is 185 Å². The van der Waals surface area contributed by atoms with E-state index in [0.29, 0.717) is 23.7 Å². The van der Waals surface area contributed by atoms with Crippen LogP contribution in [0.5, 0.6) is 11.5 Å². The highest BCUT2D eigenvalue weighted by Crippen LogP contribution is 2.30. The summed E-state index contributed by atoms with van der Waals surface area (Å²) in [4.78, 5) is 21.2. The summed E-state index contributed by atoms with van der Waals surface area (Å²) in [6.45, 7) is 2.65. The maximum absolute atomic E-state index is 11.9. The van der Waals surface area contributed by atoms with Crippen LogP contribution in [0.1, 0.15) is 44.3 Å². The number of carbonyl (C=O) groups is 2. The van der Waals surface area contributed by atoms with Crippen molar-refractivity contribution in [2.75, 3.05) is 13.7 Å². The van der Waals surface area contributed by atoms with Gasteiger partial charge < -0.3 is 20.1 Å². The molecule has 0 unspecified atom stereocenters. The third kappa shape index (κ3) is 8.52. The number of hydrogen-bond acceptors (Lipinski definition) is 4. The van der Waals surface area contributed by atoms with E-state index in [1.54, 1.807) is 18.2 Å². The third-order valence-corrected chi connectivity index (χ3v) is 4.54. The number of benzene rings is 1. The van der Waals surface area contributed by atoms with Gasteiger partial charge in [-0.2, -0.15) is 0 Å². The van der Waals surface area contributed by atoms with Crippen LogP contribution in [0, 0.1) is 0 Å². The summed E-state index contributed by atoms with van der Waals surface area (Å²) < 4.78 is 11.1. The number of hydrogen-bond donors (Lipinski definition) is 2. The summed E-state index contributed by atoms with van der Waals surface area (Å²) in [6, 6.07) is 4.97. The van der Waals surface area contributed by atoms with Gasteiger partial charge in [-0.3, -0.25) is 9.59 Å². The molecule has 0 aliphatic rings. The van der Waals surface area contributed by atoms with E-state index in [0.717, 1.165) is 25.7 Å². The normalized spacial score (nSPS) is 11.0. The second-order valence-corrected chi connectivity index (χ2v) is 8.06. The van der Waals surface area contributed by atoms with Gasteiger partial charge in [0.25, 0.3) is 11.8 Å². The minimum atomic E-state index is -1.31. The highest BCUT2D eigenvalue weighted by Gasteiger charge is 2.24. The highest BCUT2D eigenvalue weighted by atomic mass is 35.5. The topological polar surface area (TPSA) is 76.7 Å². The highest BCUT2D eigenvalue weighted by molar-refractivity contribution is 6.54. The van der Waals surface area contributed by atoms with Crippen LogP contribution in [-0.2, 0) is 9.59 Å². The fourth-order valence-electron chi connectivity index (χ4n) is 2.31. The molecule has 2 amide bonds. The zero-order valence-electron chi connectivity index (χ0n) is 15.6. The van der Waals surface area contributed by atoms with E-state index in [4.69, 9.17) is 55.9 Å². The molecule has 0 aliphatic heterocycles. The van der Waals surface area contributed by atoms with Crippen molar-refractivity contribution in [1.82, 2.24) is 10.6 Å². The Morgan fingerprint density at radius 2 is 1.57 bits per heavy atom. The van der Waals surface area contributed by atoms with E-state index >= 15 is 0 Å². The second-order valence-electron chi connectivity index (χ2n) is 5.87. The zero-order valence-corrected chi connectivity index (χ0v) is 18.7. The molecule has 158 valence electrons. The predicted molar refractivity (Wildman–Crippen MR) is 113 cm³/mol. The molecule has 1 aromatic rings. The summed E-state index contributed by atoms with van der Waals surface area (Å²) >= 11 is 22.4. The summed E-state index contributed by atoms with van der Waals surface area (Å²) in [6.07, 6.45) is 3.26. The van der Waals surface area contributed by atoms with Crippen molar-refractivity contribution in [2.24, 2.45) is 0 Å². The summed E-state index contributed by atoms with van der Waals surface area (Å²) in [5.74, 6) is -0.373. The van der Waals surface area contributed by atoms with Crippen molar-refractivity contribution in [3.05, 3.63) is 23.8 Å². The van der Waals surface area contributed by atoms with E-state index < -0.39 is 27.7 Å². The molecule has 0 atom stereocenters. The van der Waals surface area contributed by atoms with Gasteiger partial charge in [0.1, 0.15) is 6.17 Å². The monoisotopic (exact) mass is 472 g/mol. The van der Waals surface area contributed by atoms with Gasteiger partial charge in [0, 0.05) is 0 Å². The number of carbonyl (C=O) groups excluding carboxylic acids is 2. The molecular weight excluding hydrogens is 450 g/mol. The average molecular weight is 474 g/mol. The number of amides is 2. The first kappa shape index (κ1) is 25.0. The van der Waals surface area contributed by atoms with E-state index in [-0.39, 0.29) is 0 Å². The lowest BCUT2D eigenvalue weighted by molar-refractivity contribution is -0.122. The second kappa shape index (κ2) is 13.2. The molecule has 0 radical (unpaired) electrons. The summed E-state index contributed by atoms with van der Waals surface area (Å²) in [5, 5.41) is 5.04. The lowest BCUT2D eigenvalue weighted by atomic mass is 10.1. The minimum Gasteiger partial charge on any atom is -0.493 e. The SMILES string of the molecule is CCCCCCOc1cc(C(NC(=O)C(Cl)Cl)NC(=O)C(Cl)Cl)ccc1OC. The van der Waals surface area contributed by atoms with E-state index in [1.165, 1.54) is 7.11 Å². The molecule has 0 fully saturated rings. The van der Waals surface area contributed by atoms with E-state index in [1.807, 2.05) is 0 Å². The first-order chi connectivity index (χ1) is 13.3. The Bertz CT molecular complexity index is 622. The number of rotatable bonds is 12. The maximum Gasteiger partial charge on any atom is 0.255 e. The number of alkyl halides is 4. The van der Waals surface area contributed by atoms with Gasteiger partial charge in [-0.25, -0.2) is 0 Å². The fraction of sp³-hybridized carbons (Fsp3) is 0.556. The van der Waals surface area contributed by atoms with Crippen LogP contribution in [0.25, 0.3) is 0 Å². The lowest BCUT2D eigenvalue weighted by Gasteiger charge is -2.22. The van der Waals surface area contributed by atoms with Gasteiger partial charge in [0.15, 0.2) is 21.2 Å². The first-order valence-corrected chi connectivity index (χ1v) is 10.5. The standard InChI is InChI=1S/C18H24Cl4N2O4/c1-3-4-5-6-9-28-13-10-11(7-8-12(13)27-2)16(23-17(25)14(19)20)24-18(26)15(21)22/h7-8,10,14-16H,3-6,9H2,1-2H3,(H,23,25)(H,24,26). The van der Waals surface area contributed by atoms with Gasteiger partial charge in [-0.1, -0.05) is 78.7 Å². The first-order valence-electron chi connectivity index (χ1n) is 8.77. The van der Waals surface area contributed by atoms with Crippen molar-refractivity contribution in [1.29, 1.82) is 0 Å². The number of ether oxygens (including phenoxy) is 2. The number of halogens is 4. The zero-order chi connectivity index (χ0) is 21.1. The Balaban J connectivity index is 3.01. The summed E-state index contributed by atoms with van der Waals surface area (Å²) in [5.41, 5.74) is 0.508. The Hall–Kier alpha value is -1.08. The Kier molecular flexibility index (Phi) is 11.8. The molecule has 0 saturated carbocycles. The molecule has 0 saturated heterocycles. The smallest absolute Gasteiger partial charge is 0.255 e. The van der Waals surface area contributed by atoms with Gasteiger partial charge in [-0.15, -0.1) is 0 Å². The molecule has 0 bridgehead atoms. The quantitative estimate of drug-likeness (QED) is 0.266. The van der Waals surface area contributed by atoms with Crippen LogP contribution in [0.4, 0.5) is 0 Å². The molecule has 28 heavy (non-hydrogen) atoms. The largest absolute Gasteiger partial charge is 0.493 e. The van der Waals surface area contributed by atoms with Crippen LogP contribution in [0.15, 0.2) is 18.2 Å². The lowest BCUT2D eigenvalue weighted by Crippen LogP contribution is -2.44. The minimum absolute atomic E-state index is 0.478. The number of methoxy groups -OCH3 is 1. The van der Waals surface area contributed by atoms with Crippen molar-refractivity contribution >= 4 is 58.2 Å². The van der Waals surface area contributed by atoms with E-state index in [2.05, 4.69) is 17.6 Å². The average Bonchev–Trinajstić information content (AvgIpc) is 2.66. The van der Waals surface area contributed by atoms with Gasteiger partial charge in [0.05, 0.1) is 13.7 Å². The molecular formula is C18H24Cl4N2O4. The van der Waals surface area contributed by atoms with Gasteiger partial charge >= 0.3 is 0 Å². The molecule has 1 rings (SSSR count). The number of nitrogens with one attached hydrogen (secondary N) is 2. The van der Waals surface area contributed by atoms with Crippen LogP contribution in [0.3, 0.4) is 0 Å². The van der Waals surface area contributed by atoms with Crippen molar-refractivity contribution in [3.8, 4) is 11.5 Å². The van der Waals surface area contributed by atoms with Crippen LogP contribution >= 0.6 is 46.4 Å². The Morgan fingerprint density at radius 1 is 0.964 bits per heavy atom.